The summed E-state index contributed by atoms with van der Waals surface area (Å²) in [7, 11) is 1.33. The van der Waals surface area contributed by atoms with Crippen molar-refractivity contribution in [2.24, 2.45) is 0 Å². The maximum atomic E-state index is 12.0. The molecule has 1 unspecified atom stereocenters. The van der Waals surface area contributed by atoms with Gasteiger partial charge in [-0.3, -0.25) is 9.69 Å². The van der Waals surface area contributed by atoms with Crippen molar-refractivity contribution >= 4 is 28.9 Å². The van der Waals surface area contributed by atoms with Gasteiger partial charge in [0.25, 0.3) is 0 Å². The number of carbonyl (C=O) groups excluding carboxylic acids is 2. The summed E-state index contributed by atoms with van der Waals surface area (Å²) in [6.45, 7) is 5.02. The van der Waals surface area contributed by atoms with Gasteiger partial charge in [-0.1, -0.05) is 0 Å². The predicted molar refractivity (Wildman–Crippen MR) is 78.2 cm³/mol. The molecule has 0 bridgehead atoms. The first-order valence-electron chi connectivity index (χ1n) is 6.51. The highest BCUT2D eigenvalue weighted by Gasteiger charge is 2.20. The van der Waals surface area contributed by atoms with Crippen LogP contribution in [0.5, 0.6) is 0 Å². The summed E-state index contributed by atoms with van der Waals surface area (Å²) in [5.74, 6) is -0.534. The quantitative estimate of drug-likeness (QED) is 0.803. The summed E-state index contributed by atoms with van der Waals surface area (Å²) >= 11 is 1.26. The van der Waals surface area contributed by atoms with Crippen LogP contribution in [0.2, 0.25) is 0 Å². The molecule has 2 N–H and O–H groups in total. The van der Waals surface area contributed by atoms with Gasteiger partial charge in [-0.05, 0) is 18.4 Å². The summed E-state index contributed by atoms with van der Waals surface area (Å²) in [6.07, 6.45) is 0. The van der Waals surface area contributed by atoms with Gasteiger partial charge >= 0.3 is 5.97 Å². The molecule has 7 heteroatoms. The maximum absolute atomic E-state index is 12.0. The fraction of sp³-hybridized carbons (Fsp3) is 0.538. The zero-order valence-corrected chi connectivity index (χ0v) is 12.5. The molecule has 1 aliphatic heterocycles. The van der Waals surface area contributed by atoms with Crippen LogP contribution in [0.4, 0.5) is 5.69 Å². The minimum atomic E-state index is -0.425. The molecule has 1 aliphatic rings. The molecule has 0 radical (unpaired) electrons. The van der Waals surface area contributed by atoms with Crippen molar-refractivity contribution in [1.82, 2.24) is 10.2 Å². The Balaban J connectivity index is 1.91. The highest BCUT2D eigenvalue weighted by Crippen LogP contribution is 2.23. The van der Waals surface area contributed by atoms with E-state index in [1.807, 2.05) is 0 Å². The van der Waals surface area contributed by atoms with Gasteiger partial charge in [0, 0.05) is 25.7 Å². The Morgan fingerprint density at radius 2 is 2.40 bits per heavy atom. The zero-order valence-electron chi connectivity index (χ0n) is 11.6. The van der Waals surface area contributed by atoms with E-state index in [2.05, 4.69) is 27.2 Å². The van der Waals surface area contributed by atoms with E-state index in [0.29, 0.717) is 23.2 Å². The molecule has 0 aromatic carbocycles. The predicted octanol–water partition coefficient (Wildman–Crippen LogP) is 0.767. The van der Waals surface area contributed by atoms with Crippen LogP contribution >= 0.6 is 11.3 Å². The number of methoxy groups -OCH3 is 1. The van der Waals surface area contributed by atoms with Crippen molar-refractivity contribution in [2.75, 3.05) is 38.6 Å². The average Bonchev–Trinajstić information content (AvgIpc) is 2.85. The molecule has 1 aromatic rings. The lowest BCUT2D eigenvalue weighted by atomic mass is 10.2. The number of ether oxygens (including phenoxy) is 1. The van der Waals surface area contributed by atoms with Gasteiger partial charge in [0.15, 0.2) is 0 Å². The Morgan fingerprint density at radius 1 is 1.60 bits per heavy atom. The molecule has 1 fully saturated rings. The van der Waals surface area contributed by atoms with Crippen molar-refractivity contribution < 1.29 is 14.3 Å². The van der Waals surface area contributed by atoms with Crippen LogP contribution in [0.15, 0.2) is 11.4 Å². The molecule has 2 heterocycles. The van der Waals surface area contributed by atoms with Gasteiger partial charge in [0.05, 0.1) is 19.3 Å². The molecule has 20 heavy (non-hydrogen) atoms. The van der Waals surface area contributed by atoms with E-state index >= 15 is 0 Å². The molecule has 1 saturated heterocycles. The Hall–Kier alpha value is -1.44. The summed E-state index contributed by atoms with van der Waals surface area (Å²) in [5, 5.41) is 7.86. The lowest BCUT2D eigenvalue weighted by Crippen LogP contribution is -2.51. The number of rotatable bonds is 4. The number of nitrogens with one attached hydrogen (secondary N) is 2. The first-order chi connectivity index (χ1) is 9.60. The van der Waals surface area contributed by atoms with Gasteiger partial charge in [-0.2, -0.15) is 0 Å². The molecule has 0 saturated carbocycles. The Morgan fingerprint density at radius 3 is 3.10 bits per heavy atom. The Kier molecular flexibility index (Phi) is 5.11. The Labute approximate surface area is 122 Å². The average molecular weight is 297 g/mol. The minimum Gasteiger partial charge on any atom is -0.465 e. The second-order valence-corrected chi connectivity index (χ2v) is 5.71. The first-order valence-corrected chi connectivity index (χ1v) is 7.39. The second-order valence-electron chi connectivity index (χ2n) is 4.79. The normalized spacial score (nSPS) is 19.6. The fourth-order valence-corrected chi connectivity index (χ4v) is 2.97. The Bertz CT molecular complexity index is 489. The van der Waals surface area contributed by atoms with Crippen molar-refractivity contribution in [2.45, 2.75) is 13.0 Å². The summed E-state index contributed by atoms with van der Waals surface area (Å²) < 4.78 is 4.68. The fourth-order valence-electron chi connectivity index (χ4n) is 2.21. The topological polar surface area (TPSA) is 70.7 Å². The van der Waals surface area contributed by atoms with Gasteiger partial charge in [-0.25, -0.2) is 4.79 Å². The largest absolute Gasteiger partial charge is 0.465 e. The molecular formula is C13H19N3O3S. The van der Waals surface area contributed by atoms with E-state index in [4.69, 9.17) is 0 Å². The highest BCUT2D eigenvalue weighted by atomic mass is 32.1. The summed E-state index contributed by atoms with van der Waals surface area (Å²) in [6, 6.07) is 2.11. The van der Waals surface area contributed by atoms with E-state index in [1.165, 1.54) is 18.4 Å². The summed E-state index contributed by atoms with van der Waals surface area (Å²) in [5.41, 5.74) is 0.523. The number of piperazine rings is 1. The van der Waals surface area contributed by atoms with E-state index < -0.39 is 5.97 Å². The number of thiophene rings is 1. The third-order valence-electron chi connectivity index (χ3n) is 3.13. The first kappa shape index (κ1) is 15.0. The van der Waals surface area contributed by atoms with Crippen molar-refractivity contribution in [1.29, 1.82) is 0 Å². The SMILES string of the molecule is COC(=O)c1sccc1NC(=O)CN1CCNC(C)C1. The monoisotopic (exact) mass is 297 g/mol. The van der Waals surface area contributed by atoms with Crippen LogP contribution in [0, 0.1) is 0 Å². The number of anilines is 1. The molecule has 2 rings (SSSR count). The third kappa shape index (κ3) is 3.78. The number of nitrogens with zero attached hydrogens (tertiary/aromatic N) is 1. The lowest BCUT2D eigenvalue weighted by molar-refractivity contribution is -0.117. The van der Waals surface area contributed by atoms with Gasteiger partial charge in [-0.15, -0.1) is 11.3 Å². The minimum absolute atomic E-state index is 0.109. The van der Waals surface area contributed by atoms with Crippen LogP contribution < -0.4 is 10.6 Å². The van der Waals surface area contributed by atoms with Crippen molar-refractivity contribution in [3.63, 3.8) is 0 Å². The van der Waals surface area contributed by atoms with Crippen molar-refractivity contribution in [3.05, 3.63) is 16.3 Å². The number of hydrogen-bond acceptors (Lipinski definition) is 6. The number of esters is 1. The standard InChI is InChI=1S/C13H19N3O3S/c1-9-7-16(5-4-14-9)8-11(17)15-10-3-6-20-12(10)13(18)19-2/h3,6,9,14H,4-5,7-8H2,1-2H3,(H,15,17). The van der Waals surface area contributed by atoms with Crippen LogP contribution in [-0.2, 0) is 9.53 Å². The van der Waals surface area contributed by atoms with Gasteiger partial charge < -0.3 is 15.4 Å². The van der Waals surface area contributed by atoms with Gasteiger partial charge in [0.2, 0.25) is 5.91 Å². The molecule has 1 aromatic heterocycles. The van der Waals surface area contributed by atoms with Crippen LogP contribution in [0.3, 0.4) is 0 Å². The van der Waals surface area contributed by atoms with Crippen LogP contribution in [-0.4, -0.2) is 56.1 Å². The zero-order chi connectivity index (χ0) is 14.5. The van der Waals surface area contributed by atoms with E-state index in [0.717, 1.165) is 19.6 Å². The van der Waals surface area contributed by atoms with Crippen molar-refractivity contribution in [3.8, 4) is 0 Å². The summed E-state index contributed by atoms with van der Waals surface area (Å²) in [4.78, 5) is 26.1. The second kappa shape index (κ2) is 6.83. The molecule has 1 atom stereocenters. The van der Waals surface area contributed by atoms with E-state index in [1.54, 1.807) is 11.4 Å². The molecule has 6 nitrogen and oxygen atoms in total. The molecule has 0 aliphatic carbocycles. The number of carbonyl (C=O) groups is 2. The number of hydrogen-bond donors (Lipinski definition) is 2. The molecule has 1 amide bonds. The van der Waals surface area contributed by atoms with Gasteiger partial charge in [0.1, 0.15) is 4.88 Å². The third-order valence-corrected chi connectivity index (χ3v) is 4.02. The van der Waals surface area contributed by atoms with E-state index in [-0.39, 0.29) is 5.91 Å². The molecule has 110 valence electrons. The number of amides is 1. The molecule has 0 spiro atoms. The van der Waals surface area contributed by atoms with E-state index in [9.17, 15) is 9.59 Å². The lowest BCUT2D eigenvalue weighted by Gasteiger charge is -2.31. The maximum Gasteiger partial charge on any atom is 0.350 e. The highest BCUT2D eigenvalue weighted by molar-refractivity contribution is 7.12. The smallest absolute Gasteiger partial charge is 0.350 e. The van der Waals surface area contributed by atoms with Crippen LogP contribution in [0.25, 0.3) is 0 Å². The molecular weight excluding hydrogens is 278 g/mol. The van der Waals surface area contributed by atoms with Crippen LogP contribution in [0.1, 0.15) is 16.6 Å².